The molecule has 0 aliphatic carbocycles. The summed E-state index contributed by atoms with van der Waals surface area (Å²) in [6.45, 7) is 0. The third kappa shape index (κ3) is 2.76. The number of hydrogen-bond donors (Lipinski definition) is 1. The van der Waals surface area contributed by atoms with E-state index in [0.717, 1.165) is 5.33 Å². The smallest absolute Gasteiger partial charge is 0.0802 e. The Balaban J connectivity index is 2.26. The van der Waals surface area contributed by atoms with Crippen molar-refractivity contribution in [3.05, 3.63) is 0 Å². The first kappa shape index (κ1) is 10.6. The highest BCUT2D eigenvalue weighted by Crippen LogP contribution is 2.45. The van der Waals surface area contributed by atoms with E-state index in [1.54, 1.807) is 11.8 Å². The van der Waals surface area contributed by atoms with Crippen molar-refractivity contribution in [2.75, 3.05) is 11.2 Å². The van der Waals surface area contributed by atoms with E-state index < -0.39 is 0 Å². The largest absolute Gasteiger partial charge is 0.391 e. The first-order chi connectivity index (χ1) is 5.20. The molecule has 4 atom stereocenters. The molecule has 4 unspecified atom stereocenters. The van der Waals surface area contributed by atoms with Crippen LogP contribution in [0.2, 0.25) is 0 Å². The average molecular weight is 324 g/mol. The molecule has 1 aliphatic rings. The molecule has 11 heavy (non-hydrogen) atoms. The predicted octanol–water partition coefficient (Wildman–Crippen LogP) is 2.23. The number of alkyl halides is 3. The summed E-state index contributed by atoms with van der Waals surface area (Å²) >= 11 is 14.1. The summed E-state index contributed by atoms with van der Waals surface area (Å²) in [5, 5.41) is 11.2. The maximum absolute atomic E-state index is 9.60. The van der Waals surface area contributed by atoms with Crippen LogP contribution in [0.25, 0.3) is 0 Å². The van der Waals surface area contributed by atoms with Gasteiger partial charge in [0.15, 0.2) is 0 Å². The number of rotatable bonds is 4. The predicted molar refractivity (Wildman–Crippen MR) is 58.4 cm³/mol. The number of aliphatic hydroxyl groups excluding tert-OH is 1. The zero-order valence-corrected chi connectivity index (χ0v) is 10.5. The van der Waals surface area contributed by atoms with Crippen molar-refractivity contribution in [3.8, 4) is 0 Å². The van der Waals surface area contributed by atoms with Gasteiger partial charge < -0.3 is 5.11 Å². The molecule has 0 radical (unpaired) electrons. The lowest BCUT2D eigenvalue weighted by Crippen LogP contribution is -2.28. The molecule has 0 spiro atoms. The van der Waals surface area contributed by atoms with Gasteiger partial charge in [0, 0.05) is 21.7 Å². The fourth-order valence-electron chi connectivity index (χ4n) is 0.878. The van der Waals surface area contributed by atoms with Crippen LogP contribution in [-0.2, 0) is 0 Å². The zero-order valence-electron chi connectivity index (χ0n) is 5.71. The summed E-state index contributed by atoms with van der Waals surface area (Å²) in [5.74, 6) is 0.647. The van der Waals surface area contributed by atoms with Crippen molar-refractivity contribution >= 4 is 55.2 Å². The van der Waals surface area contributed by atoms with Gasteiger partial charge in [-0.3, -0.25) is 0 Å². The lowest BCUT2D eigenvalue weighted by Gasteiger charge is -2.12. The molecule has 66 valence electrons. The quantitative estimate of drug-likeness (QED) is 0.632. The monoisotopic (exact) mass is 322 g/mol. The van der Waals surface area contributed by atoms with E-state index in [0.29, 0.717) is 16.4 Å². The summed E-state index contributed by atoms with van der Waals surface area (Å²) < 4.78 is 0. The maximum atomic E-state index is 9.60. The van der Waals surface area contributed by atoms with Crippen molar-refractivity contribution < 1.29 is 5.11 Å². The van der Waals surface area contributed by atoms with Crippen LogP contribution in [0.1, 0.15) is 0 Å². The summed E-state index contributed by atoms with van der Waals surface area (Å²) in [6.07, 6.45) is -0.275. The van der Waals surface area contributed by atoms with Crippen LogP contribution in [0.15, 0.2) is 0 Å². The number of aliphatic hydroxyl groups is 1. The van der Waals surface area contributed by atoms with Gasteiger partial charge in [-0.15, -0.1) is 23.4 Å². The zero-order chi connectivity index (χ0) is 8.43. The van der Waals surface area contributed by atoms with Crippen LogP contribution in [-0.4, -0.2) is 37.7 Å². The normalized spacial score (nSPS) is 34.9. The molecule has 1 heterocycles. The highest BCUT2D eigenvalue weighted by molar-refractivity contribution is 9.12. The van der Waals surface area contributed by atoms with Gasteiger partial charge in [-0.2, -0.15) is 0 Å². The molecule has 1 aliphatic heterocycles. The van der Waals surface area contributed by atoms with E-state index >= 15 is 0 Å². The summed E-state index contributed by atoms with van der Waals surface area (Å²) in [6, 6.07) is 0. The standard InChI is InChI=1S/C6H9Br2ClOS/c7-1-3(8)5(10)6-4(2-9)11-6/h3-6,10H,1-2H2. The van der Waals surface area contributed by atoms with Crippen LogP contribution in [0, 0.1) is 0 Å². The average Bonchev–Trinajstić information content (AvgIpc) is 2.80. The Morgan fingerprint density at radius 2 is 2.27 bits per heavy atom. The first-order valence-electron chi connectivity index (χ1n) is 3.30. The molecule has 0 aromatic rings. The molecule has 0 amide bonds. The maximum Gasteiger partial charge on any atom is 0.0802 e. The Bertz CT molecular complexity index is 138. The van der Waals surface area contributed by atoms with Gasteiger partial charge >= 0.3 is 0 Å². The Morgan fingerprint density at radius 3 is 2.64 bits per heavy atom. The van der Waals surface area contributed by atoms with Crippen LogP contribution in [0.4, 0.5) is 0 Å². The Kier molecular flexibility index (Phi) is 4.55. The van der Waals surface area contributed by atoms with Crippen molar-refractivity contribution in [2.24, 2.45) is 0 Å². The van der Waals surface area contributed by atoms with Crippen LogP contribution in [0.3, 0.4) is 0 Å². The van der Waals surface area contributed by atoms with E-state index in [-0.39, 0.29) is 10.9 Å². The molecule has 0 aromatic heterocycles. The van der Waals surface area contributed by atoms with Crippen molar-refractivity contribution in [2.45, 2.75) is 21.4 Å². The third-order valence-electron chi connectivity index (χ3n) is 1.63. The Labute approximate surface area is 92.5 Å². The van der Waals surface area contributed by atoms with Crippen molar-refractivity contribution in [1.29, 1.82) is 0 Å². The molecule has 1 N–H and O–H groups in total. The summed E-state index contributed by atoms with van der Waals surface area (Å²) in [4.78, 5) is 0.146. The molecular formula is C6H9Br2ClOS. The third-order valence-corrected chi connectivity index (χ3v) is 5.99. The highest BCUT2D eigenvalue weighted by atomic mass is 79.9. The fourth-order valence-corrected chi connectivity index (χ4v) is 3.30. The van der Waals surface area contributed by atoms with Crippen LogP contribution >= 0.6 is 55.2 Å². The Morgan fingerprint density at radius 1 is 1.64 bits per heavy atom. The molecule has 0 bridgehead atoms. The van der Waals surface area contributed by atoms with Gasteiger partial charge in [-0.25, -0.2) is 0 Å². The van der Waals surface area contributed by atoms with Crippen LogP contribution in [0.5, 0.6) is 0 Å². The molecule has 0 aromatic carbocycles. The SMILES string of the molecule is OC(C(Br)CBr)C1SC1CCl. The van der Waals surface area contributed by atoms with Crippen LogP contribution < -0.4 is 0 Å². The minimum atomic E-state index is -0.275. The van der Waals surface area contributed by atoms with Gasteiger partial charge in [0.1, 0.15) is 0 Å². The second-order valence-electron chi connectivity index (χ2n) is 2.45. The molecule has 1 fully saturated rings. The summed E-state index contributed by atoms with van der Waals surface area (Å²) in [5.41, 5.74) is 0. The van der Waals surface area contributed by atoms with E-state index in [1.165, 1.54) is 0 Å². The second kappa shape index (κ2) is 4.70. The lowest BCUT2D eigenvalue weighted by atomic mass is 10.2. The van der Waals surface area contributed by atoms with Gasteiger partial charge in [0.25, 0.3) is 0 Å². The minimum Gasteiger partial charge on any atom is -0.391 e. The van der Waals surface area contributed by atoms with E-state index in [9.17, 15) is 5.11 Å². The van der Waals surface area contributed by atoms with E-state index in [1.807, 2.05) is 0 Å². The Hall–Kier alpha value is 1.56. The highest BCUT2D eigenvalue weighted by Gasteiger charge is 2.44. The number of hydrogen-bond acceptors (Lipinski definition) is 2. The molecule has 5 heteroatoms. The van der Waals surface area contributed by atoms with Gasteiger partial charge in [-0.1, -0.05) is 31.9 Å². The molecule has 1 saturated heterocycles. The van der Waals surface area contributed by atoms with Gasteiger partial charge in [-0.05, 0) is 0 Å². The van der Waals surface area contributed by atoms with Crippen molar-refractivity contribution in [1.82, 2.24) is 0 Å². The second-order valence-corrected chi connectivity index (χ2v) is 6.01. The first-order valence-corrected chi connectivity index (χ1v) is 6.81. The van der Waals surface area contributed by atoms with Gasteiger partial charge in [0.05, 0.1) is 10.9 Å². The molecule has 1 rings (SSSR count). The molecule has 0 saturated carbocycles. The number of thioether (sulfide) groups is 1. The topological polar surface area (TPSA) is 20.2 Å². The number of halogens is 3. The van der Waals surface area contributed by atoms with Crippen molar-refractivity contribution in [3.63, 3.8) is 0 Å². The summed E-state index contributed by atoms with van der Waals surface area (Å²) in [7, 11) is 0. The van der Waals surface area contributed by atoms with E-state index in [2.05, 4.69) is 31.9 Å². The molecule has 1 nitrogen and oxygen atoms in total. The minimum absolute atomic E-state index is 0.146. The lowest BCUT2D eigenvalue weighted by molar-refractivity contribution is 0.185. The molecular weight excluding hydrogens is 315 g/mol. The van der Waals surface area contributed by atoms with Gasteiger partial charge in [0.2, 0.25) is 0 Å². The fraction of sp³-hybridized carbons (Fsp3) is 1.00. The van der Waals surface area contributed by atoms with E-state index in [4.69, 9.17) is 11.6 Å².